The summed E-state index contributed by atoms with van der Waals surface area (Å²) in [6, 6.07) is 15.2. The fourth-order valence-corrected chi connectivity index (χ4v) is 3.62. The first-order chi connectivity index (χ1) is 13.9. The molecule has 0 aliphatic carbocycles. The number of urea groups is 1. The quantitative estimate of drug-likeness (QED) is 0.805. The predicted octanol–water partition coefficient (Wildman–Crippen LogP) is 3.95. The second-order valence-electron chi connectivity index (χ2n) is 7.92. The van der Waals surface area contributed by atoms with Gasteiger partial charge in [0.1, 0.15) is 5.75 Å². The summed E-state index contributed by atoms with van der Waals surface area (Å²) in [5.74, 6) is 0.729. The molecule has 1 saturated heterocycles. The molecule has 0 saturated carbocycles. The van der Waals surface area contributed by atoms with Crippen molar-refractivity contribution in [1.29, 1.82) is 0 Å². The summed E-state index contributed by atoms with van der Waals surface area (Å²) < 4.78 is 5.23. The SMILES string of the molecule is COc1cccc(CNC(=O)C2(C)CCCN(C(=O)Nc3ccc(C)cc3)C2)c1. The van der Waals surface area contributed by atoms with Crippen molar-refractivity contribution >= 4 is 17.6 Å². The minimum Gasteiger partial charge on any atom is -0.497 e. The standard InChI is InChI=1S/C23H29N3O3/c1-17-8-10-19(11-9-17)25-22(28)26-13-5-12-23(2,16-26)21(27)24-15-18-6-4-7-20(14-18)29-3/h4,6-11,14H,5,12-13,15-16H2,1-3H3,(H,24,27)(H,25,28). The number of nitrogens with one attached hydrogen (secondary N) is 2. The zero-order chi connectivity index (χ0) is 20.9. The highest BCUT2D eigenvalue weighted by Gasteiger charge is 2.39. The van der Waals surface area contributed by atoms with E-state index in [0.29, 0.717) is 19.6 Å². The van der Waals surface area contributed by atoms with E-state index in [-0.39, 0.29) is 11.9 Å². The Hall–Kier alpha value is -3.02. The van der Waals surface area contributed by atoms with Gasteiger partial charge in [-0.1, -0.05) is 29.8 Å². The summed E-state index contributed by atoms with van der Waals surface area (Å²) in [5, 5.41) is 5.95. The van der Waals surface area contributed by atoms with Crippen LogP contribution < -0.4 is 15.4 Å². The van der Waals surface area contributed by atoms with E-state index in [1.54, 1.807) is 12.0 Å². The molecule has 3 amide bonds. The Morgan fingerprint density at radius 3 is 2.66 bits per heavy atom. The van der Waals surface area contributed by atoms with Crippen LogP contribution in [0.15, 0.2) is 48.5 Å². The Morgan fingerprint density at radius 1 is 1.17 bits per heavy atom. The minimum atomic E-state index is -0.609. The Bertz CT molecular complexity index is 866. The average molecular weight is 396 g/mol. The number of piperidine rings is 1. The molecule has 0 bridgehead atoms. The summed E-state index contributed by atoms with van der Waals surface area (Å²) in [4.78, 5) is 27.3. The van der Waals surface area contributed by atoms with Gasteiger partial charge in [-0.2, -0.15) is 0 Å². The summed E-state index contributed by atoms with van der Waals surface area (Å²) in [5.41, 5.74) is 2.27. The van der Waals surface area contributed by atoms with Crippen molar-refractivity contribution in [1.82, 2.24) is 10.2 Å². The number of carbonyl (C=O) groups excluding carboxylic acids is 2. The van der Waals surface area contributed by atoms with Crippen LogP contribution in [-0.2, 0) is 11.3 Å². The number of ether oxygens (including phenoxy) is 1. The van der Waals surface area contributed by atoms with E-state index in [0.717, 1.165) is 35.4 Å². The molecule has 3 rings (SSSR count). The Kier molecular flexibility index (Phi) is 6.42. The van der Waals surface area contributed by atoms with Gasteiger partial charge < -0.3 is 20.3 Å². The van der Waals surface area contributed by atoms with Crippen LogP contribution in [0.25, 0.3) is 0 Å². The van der Waals surface area contributed by atoms with Crippen LogP contribution in [-0.4, -0.2) is 37.0 Å². The van der Waals surface area contributed by atoms with Crippen molar-refractivity contribution in [2.75, 3.05) is 25.5 Å². The van der Waals surface area contributed by atoms with Crippen LogP contribution in [0.1, 0.15) is 30.9 Å². The van der Waals surface area contributed by atoms with E-state index >= 15 is 0 Å². The van der Waals surface area contributed by atoms with Crippen LogP contribution in [0.3, 0.4) is 0 Å². The van der Waals surface area contributed by atoms with E-state index in [1.165, 1.54) is 0 Å². The van der Waals surface area contributed by atoms with Crippen LogP contribution in [0.4, 0.5) is 10.5 Å². The zero-order valence-electron chi connectivity index (χ0n) is 17.3. The monoisotopic (exact) mass is 395 g/mol. The normalized spacial score (nSPS) is 18.8. The van der Waals surface area contributed by atoms with Gasteiger partial charge in [0.15, 0.2) is 0 Å². The maximum absolute atomic E-state index is 12.9. The van der Waals surface area contributed by atoms with Crippen molar-refractivity contribution < 1.29 is 14.3 Å². The highest BCUT2D eigenvalue weighted by molar-refractivity contribution is 5.90. The molecule has 0 aromatic heterocycles. The van der Waals surface area contributed by atoms with Gasteiger partial charge in [0, 0.05) is 25.3 Å². The van der Waals surface area contributed by atoms with Gasteiger partial charge in [0.25, 0.3) is 0 Å². The molecule has 1 unspecified atom stereocenters. The van der Waals surface area contributed by atoms with Crippen molar-refractivity contribution in [2.24, 2.45) is 5.41 Å². The van der Waals surface area contributed by atoms with Gasteiger partial charge in [-0.15, -0.1) is 0 Å². The van der Waals surface area contributed by atoms with Crippen LogP contribution in [0.5, 0.6) is 5.75 Å². The number of rotatable bonds is 5. The third-order valence-corrected chi connectivity index (χ3v) is 5.42. The number of methoxy groups -OCH3 is 1. The summed E-state index contributed by atoms with van der Waals surface area (Å²) in [6.45, 7) is 5.41. The van der Waals surface area contributed by atoms with Crippen LogP contribution >= 0.6 is 0 Å². The van der Waals surface area contributed by atoms with Crippen LogP contribution in [0, 0.1) is 12.3 Å². The highest BCUT2D eigenvalue weighted by atomic mass is 16.5. The molecule has 2 aromatic carbocycles. The van der Waals surface area contributed by atoms with Gasteiger partial charge in [-0.05, 0) is 56.5 Å². The number of carbonyl (C=O) groups is 2. The van der Waals surface area contributed by atoms with Crippen molar-refractivity contribution in [3.63, 3.8) is 0 Å². The lowest BCUT2D eigenvalue weighted by atomic mass is 9.81. The predicted molar refractivity (Wildman–Crippen MR) is 114 cm³/mol. The van der Waals surface area contributed by atoms with Crippen molar-refractivity contribution in [2.45, 2.75) is 33.2 Å². The maximum Gasteiger partial charge on any atom is 0.321 e. The fraction of sp³-hybridized carbons (Fsp3) is 0.391. The van der Waals surface area contributed by atoms with E-state index in [4.69, 9.17) is 4.74 Å². The molecular weight excluding hydrogens is 366 g/mol. The first-order valence-corrected chi connectivity index (χ1v) is 9.93. The number of hydrogen-bond donors (Lipinski definition) is 2. The molecule has 2 aromatic rings. The number of nitrogens with zero attached hydrogens (tertiary/aromatic N) is 1. The molecule has 1 heterocycles. The third-order valence-electron chi connectivity index (χ3n) is 5.42. The molecule has 0 radical (unpaired) electrons. The number of aryl methyl sites for hydroxylation is 1. The van der Waals surface area contributed by atoms with E-state index in [2.05, 4.69) is 10.6 Å². The fourth-order valence-electron chi connectivity index (χ4n) is 3.62. The molecule has 29 heavy (non-hydrogen) atoms. The number of benzene rings is 2. The molecule has 0 spiro atoms. The van der Waals surface area contributed by atoms with E-state index in [9.17, 15) is 9.59 Å². The Labute approximate surface area is 172 Å². The zero-order valence-corrected chi connectivity index (χ0v) is 17.3. The Morgan fingerprint density at radius 2 is 1.93 bits per heavy atom. The summed E-state index contributed by atoms with van der Waals surface area (Å²) >= 11 is 0. The molecule has 154 valence electrons. The number of hydrogen-bond acceptors (Lipinski definition) is 3. The molecule has 2 N–H and O–H groups in total. The molecule has 1 aliphatic rings. The summed E-state index contributed by atoms with van der Waals surface area (Å²) in [7, 11) is 1.62. The molecule has 6 heteroatoms. The maximum atomic E-state index is 12.9. The molecule has 1 atom stereocenters. The van der Waals surface area contributed by atoms with Crippen molar-refractivity contribution in [3.8, 4) is 5.75 Å². The second-order valence-corrected chi connectivity index (χ2v) is 7.92. The second kappa shape index (κ2) is 8.99. The van der Waals surface area contributed by atoms with Gasteiger partial charge in [-0.3, -0.25) is 4.79 Å². The third kappa shape index (κ3) is 5.28. The lowest BCUT2D eigenvalue weighted by Crippen LogP contribution is -2.52. The first kappa shape index (κ1) is 20.7. The first-order valence-electron chi connectivity index (χ1n) is 9.93. The average Bonchev–Trinajstić information content (AvgIpc) is 2.73. The lowest BCUT2D eigenvalue weighted by Gasteiger charge is -2.39. The van der Waals surface area contributed by atoms with Crippen molar-refractivity contribution in [3.05, 3.63) is 59.7 Å². The number of anilines is 1. The molecule has 1 fully saturated rings. The number of likely N-dealkylation sites (tertiary alicyclic amines) is 1. The minimum absolute atomic E-state index is 0.0341. The summed E-state index contributed by atoms with van der Waals surface area (Å²) in [6.07, 6.45) is 1.55. The molecule has 1 aliphatic heterocycles. The van der Waals surface area contributed by atoms with E-state index in [1.807, 2.05) is 62.4 Å². The van der Waals surface area contributed by atoms with Crippen LogP contribution in [0.2, 0.25) is 0 Å². The van der Waals surface area contributed by atoms with Gasteiger partial charge in [-0.25, -0.2) is 4.79 Å². The van der Waals surface area contributed by atoms with Gasteiger partial charge in [0.05, 0.1) is 12.5 Å². The molecule has 6 nitrogen and oxygen atoms in total. The van der Waals surface area contributed by atoms with Gasteiger partial charge in [0.2, 0.25) is 5.91 Å². The van der Waals surface area contributed by atoms with Gasteiger partial charge >= 0.3 is 6.03 Å². The Balaban J connectivity index is 1.59. The van der Waals surface area contributed by atoms with E-state index < -0.39 is 5.41 Å². The largest absolute Gasteiger partial charge is 0.497 e. The lowest BCUT2D eigenvalue weighted by molar-refractivity contribution is -0.132. The number of amides is 3. The topological polar surface area (TPSA) is 70.7 Å². The smallest absolute Gasteiger partial charge is 0.321 e. The highest BCUT2D eigenvalue weighted by Crippen LogP contribution is 2.30. The molecular formula is C23H29N3O3.